The predicted molar refractivity (Wildman–Crippen MR) is 81.4 cm³/mol. The van der Waals surface area contributed by atoms with Gasteiger partial charge in [-0.05, 0) is 31.4 Å². The molecule has 0 fully saturated rings. The van der Waals surface area contributed by atoms with Crippen molar-refractivity contribution >= 4 is 33.3 Å². The minimum absolute atomic E-state index is 0.124. The Morgan fingerprint density at radius 1 is 1.40 bits per heavy atom. The van der Waals surface area contributed by atoms with Crippen molar-refractivity contribution < 1.29 is 4.79 Å². The van der Waals surface area contributed by atoms with E-state index in [1.807, 2.05) is 18.5 Å². The summed E-state index contributed by atoms with van der Waals surface area (Å²) < 4.78 is 4.85. The van der Waals surface area contributed by atoms with Gasteiger partial charge in [-0.2, -0.15) is 5.10 Å². The van der Waals surface area contributed by atoms with Crippen molar-refractivity contribution in [3.63, 3.8) is 0 Å². The van der Waals surface area contributed by atoms with Crippen molar-refractivity contribution in [3.8, 4) is 0 Å². The number of nitrogens with one attached hydrogen (secondary N) is 1. The Kier molecular flexibility index (Phi) is 3.10. The highest BCUT2D eigenvalue weighted by molar-refractivity contribution is 7.17. The van der Waals surface area contributed by atoms with Crippen molar-refractivity contribution in [2.24, 2.45) is 7.05 Å². The number of aromatic nitrogens is 3. The van der Waals surface area contributed by atoms with Gasteiger partial charge < -0.3 is 9.88 Å². The van der Waals surface area contributed by atoms with Crippen LogP contribution in [0.1, 0.15) is 30.4 Å². The molecule has 3 heterocycles. The van der Waals surface area contributed by atoms with Crippen LogP contribution in [0.25, 0.3) is 10.2 Å². The summed E-state index contributed by atoms with van der Waals surface area (Å²) in [6.45, 7) is 4.16. The molecule has 0 unspecified atom stereocenters. The number of thiophene rings is 1. The molecule has 0 aromatic carbocycles. The Bertz CT molecular complexity index is 765. The SMILES string of the molecule is CC(C)n1c(C(=O)Nc2ccn(C)n2)cc2sccc21. The lowest BCUT2D eigenvalue weighted by Gasteiger charge is -2.13. The molecule has 3 aromatic rings. The lowest BCUT2D eigenvalue weighted by molar-refractivity contribution is 0.101. The van der Waals surface area contributed by atoms with Crippen LogP contribution in [0, 0.1) is 0 Å². The van der Waals surface area contributed by atoms with Gasteiger partial charge in [0, 0.05) is 25.4 Å². The Morgan fingerprint density at radius 3 is 2.85 bits per heavy atom. The van der Waals surface area contributed by atoms with E-state index in [4.69, 9.17) is 0 Å². The summed E-state index contributed by atoms with van der Waals surface area (Å²) in [6, 6.07) is 6.00. The zero-order chi connectivity index (χ0) is 14.3. The zero-order valence-corrected chi connectivity index (χ0v) is 12.4. The summed E-state index contributed by atoms with van der Waals surface area (Å²) in [5.74, 6) is 0.443. The van der Waals surface area contributed by atoms with Crippen LogP contribution in [-0.4, -0.2) is 20.3 Å². The number of nitrogens with zero attached hydrogens (tertiary/aromatic N) is 3. The number of carbonyl (C=O) groups excluding carboxylic acids is 1. The van der Waals surface area contributed by atoms with Crippen molar-refractivity contribution in [1.29, 1.82) is 0 Å². The normalized spacial score (nSPS) is 11.4. The first-order valence-corrected chi connectivity index (χ1v) is 7.33. The molecule has 0 aliphatic heterocycles. The van der Waals surface area contributed by atoms with E-state index in [-0.39, 0.29) is 11.9 Å². The second kappa shape index (κ2) is 4.79. The first kappa shape index (κ1) is 12.9. The summed E-state index contributed by atoms with van der Waals surface area (Å²) in [6.07, 6.45) is 1.80. The summed E-state index contributed by atoms with van der Waals surface area (Å²) in [7, 11) is 1.82. The van der Waals surface area contributed by atoms with E-state index >= 15 is 0 Å². The van der Waals surface area contributed by atoms with E-state index in [0.29, 0.717) is 11.5 Å². The minimum Gasteiger partial charge on any atom is -0.333 e. The molecule has 1 amide bonds. The standard InChI is InChI=1S/C14H16N4OS/c1-9(2)18-10-5-7-20-12(10)8-11(18)14(19)15-13-4-6-17(3)16-13/h4-9H,1-3H3,(H,15,16,19). The van der Waals surface area contributed by atoms with Crippen LogP contribution >= 0.6 is 11.3 Å². The van der Waals surface area contributed by atoms with Gasteiger partial charge in [-0.1, -0.05) is 0 Å². The van der Waals surface area contributed by atoms with Crippen LogP contribution in [0.4, 0.5) is 5.82 Å². The number of fused-ring (bicyclic) bond motifs is 1. The van der Waals surface area contributed by atoms with Crippen LogP contribution in [-0.2, 0) is 7.05 Å². The molecule has 0 saturated heterocycles. The van der Waals surface area contributed by atoms with Gasteiger partial charge in [-0.25, -0.2) is 0 Å². The maximum absolute atomic E-state index is 12.4. The van der Waals surface area contributed by atoms with Gasteiger partial charge >= 0.3 is 0 Å². The lowest BCUT2D eigenvalue weighted by atomic mass is 10.3. The second-order valence-electron chi connectivity index (χ2n) is 4.99. The van der Waals surface area contributed by atoms with Crippen molar-refractivity contribution in [3.05, 3.63) is 35.5 Å². The molecule has 0 aliphatic carbocycles. The van der Waals surface area contributed by atoms with Gasteiger partial charge in [0.15, 0.2) is 5.82 Å². The molecular formula is C14H16N4OS. The number of carbonyl (C=O) groups is 1. The molecule has 0 aliphatic rings. The molecule has 1 N–H and O–H groups in total. The average molecular weight is 288 g/mol. The fraction of sp³-hybridized carbons (Fsp3) is 0.286. The van der Waals surface area contributed by atoms with Gasteiger partial charge in [0.2, 0.25) is 0 Å². The zero-order valence-electron chi connectivity index (χ0n) is 11.6. The topological polar surface area (TPSA) is 51.9 Å². The number of amides is 1. The number of aryl methyl sites for hydroxylation is 1. The van der Waals surface area contributed by atoms with Gasteiger partial charge in [-0.3, -0.25) is 9.48 Å². The monoisotopic (exact) mass is 288 g/mol. The molecule has 20 heavy (non-hydrogen) atoms. The highest BCUT2D eigenvalue weighted by atomic mass is 32.1. The van der Waals surface area contributed by atoms with E-state index in [0.717, 1.165) is 10.2 Å². The van der Waals surface area contributed by atoms with Gasteiger partial charge in [-0.15, -0.1) is 11.3 Å². The van der Waals surface area contributed by atoms with Crippen LogP contribution in [0.2, 0.25) is 0 Å². The second-order valence-corrected chi connectivity index (χ2v) is 5.94. The molecule has 3 aromatic heterocycles. The van der Waals surface area contributed by atoms with Gasteiger partial charge in [0.1, 0.15) is 5.69 Å². The quantitative estimate of drug-likeness (QED) is 0.804. The third kappa shape index (κ3) is 2.12. The number of anilines is 1. The minimum atomic E-state index is -0.124. The van der Waals surface area contributed by atoms with E-state index < -0.39 is 0 Å². The number of hydrogen-bond acceptors (Lipinski definition) is 3. The van der Waals surface area contributed by atoms with Crippen LogP contribution in [0.5, 0.6) is 0 Å². The molecule has 3 rings (SSSR count). The lowest BCUT2D eigenvalue weighted by Crippen LogP contribution is -2.18. The van der Waals surface area contributed by atoms with E-state index in [1.165, 1.54) is 0 Å². The highest BCUT2D eigenvalue weighted by Gasteiger charge is 2.18. The van der Waals surface area contributed by atoms with E-state index in [1.54, 1.807) is 28.3 Å². The first-order valence-electron chi connectivity index (χ1n) is 6.45. The third-order valence-electron chi connectivity index (χ3n) is 3.16. The molecule has 0 radical (unpaired) electrons. The number of hydrogen-bond donors (Lipinski definition) is 1. The Hall–Kier alpha value is -2.08. The first-order chi connectivity index (χ1) is 9.56. The molecule has 0 bridgehead atoms. The van der Waals surface area contributed by atoms with Crippen LogP contribution in [0.15, 0.2) is 29.8 Å². The fourth-order valence-electron chi connectivity index (χ4n) is 2.34. The Labute approximate surface area is 120 Å². The van der Waals surface area contributed by atoms with E-state index in [2.05, 4.69) is 34.9 Å². The molecular weight excluding hydrogens is 272 g/mol. The summed E-state index contributed by atoms with van der Waals surface area (Å²) in [4.78, 5) is 12.4. The third-order valence-corrected chi connectivity index (χ3v) is 4.02. The molecule has 0 saturated carbocycles. The van der Waals surface area contributed by atoms with Crippen molar-refractivity contribution in [2.75, 3.05) is 5.32 Å². The maximum atomic E-state index is 12.4. The van der Waals surface area contributed by atoms with Crippen molar-refractivity contribution in [2.45, 2.75) is 19.9 Å². The Morgan fingerprint density at radius 2 is 2.20 bits per heavy atom. The smallest absolute Gasteiger partial charge is 0.273 e. The highest BCUT2D eigenvalue weighted by Crippen LogP contribution is 2.28. The van der Waals surface area contributed by atoms with Gasteiger partial charge in [0.25, 0.3) is 5.91 Å². The molecule has 0 spiro atoms. The van der Waals surface area contributed by atoms with Gasteiger partial charge in [0.05, 0.1) is 10.2 Å². The summed E-state index contributed by atoms with van der Waals surface area (Å²) in [5.41, 5.74) is 1.78. The largest absolute Gasteiger partial charge is 0.333 e. The fourth-order valence-corrected chi connectivity index (χ4v) is 3.15. The molecule has 0 atom stereocenters. The van der Waals surface area contributed by atoms with E-state index in [9.17, 15) is 4.79 Å². The summed E-state index contributed by atoms with van der Waals surface area (Å²) >= 11 is 1.65. The van der Waals surface area contributed by atoms with Crippen LogP contribution < -0.4 is 5.32 Å². The molecule has 104 valence electrons. The maximum Gasteiger partial charge on any atom is 0.273 e. The van der Waals surface area contributed by atoms with Crippen molar-refractivity contribution in [1.82, 2.24) is 14.3 Å². The summed E-state index contributed by atoms with van der Waals surface area (Å²) in [5, 5.41) is 9.05. The Balaban J connectivity index is 1.98. The average Bonchev–Trinajstić information content (AvgIpc) is 3.02. The molecule has 6 heteroatoms. The molecule has 5 nitrogen and oxygen atoms in total. The number of rotatable bonds is 3. The predicted octanol–water partition coefficient (Wildman–Crippen LogP) is 3.27. The van der Waals surface area contributed by atoms with Crippen LogP contribution in [0.3, 0.4) is 0 Å².